The molecule has 0 radical (unpaired) electrons. The van der Waals surface area contributed by atoms with Gasteiger partial charge in [-0.25, -0.2) is 4.99 Å². The van der Waals surface area contributed by atoms with Crippen LogP contribution in [0.2, 0.25) is 0 Å². The van der Waals surface area contributed by atoms with Crippen LogP contribution in [-0.4, -0.2) is 80.3 Å². The monoisotopic (exact) mass is 535 g/mol. The van der Waals surface area contributed by atoms with E-state index in [0.29, 0.717) is 23.8 Å². The number of guanidine groups is 1. The summed E-state index contributed by atoms with van der Waals surface area (Å²) < 4.78 is 2.03. The largest absolute Gasteiger partial charge is 0.355 e. The van der Waals surface area contributed by atoms with Crippen molar-refractivity contribution < 1.29 is 0 Å². The molecule has 9 heteroatoms. The number of aryl methyl sites for hydroxylation is 1. The van der Waals surface area contributed by atoms with Crippen LogP contribution in [0.3, 0.4) is 0 Å². The van der Waals surface area contributed by atoms with Gasteiger partial charge in [0.25, 0.3) is 0 Å². The minimum Gasteiger partial charge on any atom is -0.355 e. The molecule has 1 aromatic heterocycles. The molecule has 2 aliphatic heterocycles. The maximum Gasteiger partial charge on any atom is 0.194 e. The van der Waals surface area contributed by atoms with E-state index in [1.165, 1.54) is 19.4 Å². The number of nitrogens with zero attached hydrogens (tertiary/aromatic N) is 6. The molecule has 0 aromatic carbocycles. The minimum absolute atomic E-state index is 0. The molecule has 0 spiro atoms. The lowest BCUT2D eigenvalue weighted by molar-refractivity contribution is 0.264. The van der Waals surface area contributed by atoms with Crippen molar-refractivity contribution in [3.05, 3.63) is 11.6 Å². The van der Waals surface area contributed by atoms with Crippen LogP contribution in [-0.2, 0) is 13.6 Å². The van der Waals surface area contributed by atoms with E-state index in [1.807, 2.05) is 18.5 Å². The predicted octanol–water partition coefficient (Wildman–Crippen LogP) is 2.74. The molecule has 3 heterocycles. The number of nitrogens with one attached hydrogen (secondary N) is 1. The quantitative estimate of drug-likeness (QED) is 0.344. The average Bonchev–Trinajstić information content (AvgIpc) is 3.29. The van der Waals surface area contributed by atoms with Crippen LogP contribution in [0.25, 0.3) is 0 Å². The Balaban J connectivity index is 0.00000300. The van der Waals surface area contributed by atoms with Crippen LogP contribution >= 0.6 is 35.7 Å². The van der Waals surface area contributed by atoms with E-state index in [4.69, 9.17) is 4.99 Å². The second-order valence-electron chi connectivity index (χ2n) is 8.27. The molecule has 2 saturated heterocycles. The zero-order valence-corrected chi connectivity index (χ0v) is 21.7. The van der Waals surface area contributed by atoms with Gasteiger partial charge in [-0.2, -0.15) is 11.8 Å². The molecule has 7 nitrogen and oxygen atoms in total. The lowest BCUT2D eigenvalue weighted by Gasteiger charge is -2.37. The lowest BCUT2D eigenvalue weighted by Crippen LogP contribution is -2.51. The summed E-state index contributed by atoms with van der Waals surface area (Å²) in [5, 5.41) is 12.8. The molecule has 0 saturated carbocycles. The number of halogens is 1. The highest BCUT2D eigenvalue weighted by atomic mass is 127. The van der Waals surface area contributed by atoms with Gasteiger partial charge in [-0.05, 0) is 38.8 Å². The first-order valence-corrected chi connectivity index (χ1v) is 11.8. The summed E-state index contributed by atoms with van der Waals surface area (Å²) in [4.78, 5) is 10.0. The summed E-state index contributed by atoms with van der Waals surface area (Å²) in [6.07, 6.45) is 2.59. The van der Waals surface area contributed by atoms with Gasteiger partial charge >= 0.3 is 0 Å². The fourth-order valence-corrected chi connectivity index (χ4v) is 5.32. The molecule has 1 aromatic rings. The number of likely N-dealkylation sites (tertiary alicyclic amines) is 1. The zero-order valence-electron chi connectivity index (χ0n) is 18.6. The van der Waals surface area contributed by atoms with E-state index in [-0.39, 0.29) is 24.0 Å². The third-order valence-electron chi connectivity index (χ3n) is 6.09. The van der Waals surface area contributed by atoms with E-state index in [1.54, 1.807) is 0 Å². The van der Waals surface area contributed by atoms with Gasteiger partial charge in [0, 0.05) is 43.7 Å². The van der Waals surface area contributed by atoms with Crippen molar-refractivity contribution in [2.24, 2.45) is 18.0 Å². The van der Waals surface area contributed by atoms with Crippen molar-refractivity contribution >= 4 is 41.7 Å². The van der Waals surface area contributed by atoms with Crippen LogP contribution in [0.4, 0.5) is 0 Å². The summed E-state index contributed by atoms with van der Waals surface area (Å²) >= 11 is 2.10. The molecule has 3 rings (SSSR count). The van der Waals surface area contributed by atoms with Crippen molar-refractivity contribution in [1.82, 2.24) is 29.9 Å². The fourth-order valence-electron chi connectivity index (χ4n) is 4.02. The topological polar surface area (TPSA) is 61.6 Å². The van der Waals surface area contributed by atoms with Crippen molar-refractivity contribution in [2.45, 2.75) is 58.4 Å². The Kier molecular flexibility index (Phi) is 10.0. The number of likely N-dealkylation sites (N-methyl/N-ethyl adjacent to an activating group) is 1. The second kappa shape index (κ2) is 11.7. The van der Waals surface area contributed by atoms with Crippen LogP contribution in [0, 0.1) is 12.8 Å². The molecular weight excluding hydrogens is 497 g/mol. The lowest BCUT2D eigenvalue weighted by atomic mass is 10.1. The molecule has 166 valence electrons. The molecule has 0 bridgehead atoms. The second-order valence-corrected chi connectivity index (χ2v) is 9.61. The first-order chi connectivity index (χ1) is 13.5. The molecule has 2 aliphatic rings. The summed E-state index contributed by atoms with van der Waals surface area (Å²) in [6, 6.07) is 0.618. The molecule has 29 heavy (non-hydrogen) atoms. The summed E-state index contributed by atoms with van der Waals surface area (Å²) in [5.74, 6) is 4.73. The highest BCUT2D eigenvalue weighted by molar-refractivity contribution is 14.0. The van der Waals surface area contributed by atoms with E-state index in [0.717, 1.165) is 49.5 Å². The average molecular weight is 536 g/mol. The van der Waals surface area contributed by atoms with Gasteiger partial charge in [0.1, 0.15) is 12.4 Å². The Morgan fingerprint density at radius 1 is 1.31 bits per heavy atom. The number of rotatable bonds is 6. The van der Waals surface area contributed by atoms with Crippen molar-refractivity contribution in [3.63, 3.8) is 0 Å². The van der Waals surface area contributed by atoms with Gasteiger partial charge in [-0.3, -0.25) is 4.90 Å². The molecule has 2 atom stereocenters. The first-order valence-electron chi connectivity index (χ1n) is 10.7. The highest BCUT2D eigenvalue weighted by Gasteiger charge is 2.27. The highest BCUT2D eigenvalue weighted by Crippen LogP contribution is 2.25. The van der Waals surface area contributed by atoms with Gasteiger partial charge in [0.05, 0.1) is 0 Å². The third kappa shape index (κ3) is 6.46. The number of hydrogen-bond acceptors (Lipinski definition) is 5. The third-order valence-corrected chi connectivity index (χ3v) is 7.63. The van der Waals surface area contributed by atoms with Crippen molar-refractivity contribution in [2.75, 3.05) is 38.5 Å². The maximum absolute atomic E-state index is 4.98. The number of thioether (sulfide) groups is 1. The Morgan fingerprint density at radius 3 is 2.76 bits per heavy atom. The van der Waals surface area contributed by atoms with Crippen LogP contribution in [0.15, 0.2) is 4.99 Å². The summed E-state index contributed by atoms with van der Waals surface area (Å²) in [7, 11) is 2.01. The molecule has 1 N–H and O–H groups in total. The van der Waals surface area contributed by atoms with Crippen molar-refractivity contribution in [3.8, 4) is 0 Å². The molecule has 0 amide bonds. The number of hydrogen-bond donors (Lipinski definition) is 1. The number of aromatic nitrogens is 3. The van der Waals surface area contributed by atoms with Crippen LogP contribution < -0.4 is 5.32 Å². The van der Waals surface area contributed by atoms with E-state index in [2.05, 4.69) is 57.8 Å². The standard InChI is InChI=1S/C20H37N7S.HI/c1-6-26-9-7-8-17(26)12-21-20(22-13-19-24-23-16(4)25(19)5)27-10-11-28-18(14-27)15(2)3;/h15,17-18H,6-14H2,1-5H3,(H,21,22);1H. The smallest absolute Gasteiger partial charge is 0.194 e. The molecule has 0 aliphatic carbocycles. The maximum atomic E-state index is 4.98. The van der Waals surface area contributed by atoms with Gasteiger partial charge in [0.15, 0.2) is 11.8 Å². The van der Waals surface area contributed by atoms with E-state index < -0.39 is 0 Å². The van der Waals surface area contributed by atoms with Gasteiger partial charge < -0.3 is 14.8 Å². The zero-order chi connectivity index (χ0) is 20.1. The van der Waals surface area contributed by atoms with E-state index >= 15 is 0 Å². The normalized spacial score (nSPS) is 23.5. The Hall–Kier alpha value is -0.550. The SMILES string of the molecule is CCN1CCCC1CNC(=NCc1nnc(C)n1C)N1CCSC(C(C)C)C1.I. The molecular formula is C20H38IN7S. The van der Waals surface area contributed by atoms with Gasteiger partial charge in [-0.1, -0.05) is 20.8 Å². The van der Waals surface area contributed by atoms with Gasteiger partial charge in [-0.15, -0.1) is 34.2 Å². The fraction of sp³-hybridized carbons (Fsp3) is 0.850. The van der Waals surface area contributed by atoms with Crippen molar-refractivity contribution in [1.29, 1.82) is 0 Å². The minimum atomic E-state index is 0. The number of aliphatic imine (C=N–C) groups is 1. The summed E-state index contributed by atoms with van der Waals surface area (Å²) in [6.45, 7) is 14.9. The van der Waals surface area contributed by atoms with Crippen LogP contribution in [0.1, 0.15) is 45.3 Å². The Morgan fingerprint density at radius 2 is 2.10 bits per heavy atom. The molecule has 2 unspecified atom stereocenters. The van der Waals surface area contributed by atoms with Crippen LogP contribution in [0.5, 0.6) is 0 Å². The first kappa shape index (κ1) is 24.7. The Labute approximate surface area is 197 Å². The molecule has 2 fully saturated rings. The Bertz CT molecular complexity index is 663. The van der Waals surface area contributed by atoms with E-state index in [9.17, 15) is 0 Å². The predicted molar refractivity (Wildman–Crippen MR) is 133 cm³/mol. The van der Waals surface area contributed by atoms with Gasteiger partial charge in [0.2, 0.25) is 0 Å². The summed E-state index contributed by atoms with van der Waals surface area (Å²) in [5.41, 5.74) is 0.